The Hall–Kier alpha value is 0. The summed E-state index contributed by atoms with van der Waals surface area (Å²) in [6.07, 6.45) is 10.8. The van der Waals surface area contributed by atoms with Crippen LogP contribution in [0.25, 0.3) is 0 Å². The second-order valence-corrected chi connectivity index (χ2v) is 4.70. The molecule has 0 saturated heterocycles. The second kappa shape index (κ2) is 2.24. The van der Waals surface area contributed by atoms with Crippen LogP contribution in [0.15, 0.2) is 0 Å². The van der Waals surface area contributed by atoms with Gasteiger partial charge in [-0.1, -0.05) is 12.8 Å². The Morgan fingerprint density at radius 3 is 2.73 bits per heavy atom. The zero-order valence-electron chi connectivity index (χ0n) is 7.18. The lowest BCUT2D eigenvalue weighted by Crippen LogP contribution is -2.30. The van der Waals surface area contributed by atoms with Crippen molar-refractivity contribution in [1.29, 1.82) is 0 Å². The minimum absolute atomic E-state index is 1.11. The fraction of sp³-hybridized carbons (Fsp3) is 0.909. The highest BCUT2D eigenvalue weighted by atomic mass is 14.5. The summed E-state index contributed by atoms with van der Waals surface area (Å²) >= 11 is 0. The quantitative estimate of drug-likeness (QED) is 0.496. The lowest BCUT2D eigenvalue weighted by molar-refractivity contribution is 0.147. The largest absolute Gasteiger partial charge is 0.0527 e. The normalized spacial score (nSPS) is 49.6. The summed E-state index contributed by atoms with van der Waals surface area (Å²) in [6.45, 7) is 0. The Labute approximate surface area is 69.4 Å². The first-order valence-corrected chi connectivity index (χ1v) is 5.30. The minimum Gasteiger partial charge on any atom is -0.0527 e. The van der Waals surface area contributed by atoms with Crippen LogP contribution >= 0.6 is 0 Å². The summed E-state index contributed by atoms with van der Waals surface area (Å²) in [5, 5.41) is 0. The molecule has 3 unspecified atom stereocenters. The summed E-state index contributed by atoms with van der Waals surface area (Å²) in [5.41, 5.74) is 0. The Bertz CT molecular complexity index is 159. The third-order valence-corrected chi connectivity index (χ3v) is 4.37. The Morgan fingerprint density at radius 1 is 0.909 bits per heavy atom. The van der Waals surface area contributed by atoms with Gasteiger partial charge >= 0.3 is 0 Å². The maximum absolute atomic E-state index is 1.96. The molecule has 0 N–H and O–H groups in total. The molecule has 0 aromatic heterocycles. The SMILES string of the molecule is C1CC2CC[C]3CCC2C3C1. The van der Waals surface area contributed by atoms with E-state index in [4.69, 9.17) is 0 Å². The fourth-order valence-corrected chi connectivity index (χ4v) is 3.88. The van der Waals surface area contributed by atoms with E-state index < -0.39 is 0 Å². The summed E-state index contributed by atoms with van der Waals surface area (Å²) in [7, 11) is 0. The van der Waals surface area contributed by atoms with Crippen LogP contribution in [-0.4, -0.2) is 0 Å². The molecular formula is C11H17. The van der Waals surface area contributed by atoms with Gasteiger partial charge in [0, 0.05) is 0 Å². The van der Waals surface area contributed by atoms with E-state index in [1.165, 1.54) is 19.3 Å². The highest BCUT2D eigenvalue weighted by Crippen LogP contribution is 2.56. The van der Waals surface area contributed by atoms with Crippen molar-refractivity contribution in [2.24, 2.45) is 17.8 Å². The maximum Gasteiger partial charge on any atom is -0.0207 e. The zero-order chi connectivity index (χ0) is 7.26. The lowest BCUT2D eigenvalue weighted by atomic mass is 9.65. The molecule has 3 saturated carbocycles. The van der Waals surface area contributed by atoms with Crippen molar-refractivity contribution < 1.29 is 0 Å². The summed E-state index contributed by atoms with van der Waals surface area (Å²) in [6, 6.07) is 0. The van der Waals surface area contributed by atoms with Crippen molar-refractivity contribution in [2.75, 3.05) is 0 Å². The van der Waals surface area contributed by atoms with Crippen LogP contribution < -0.4 is 0 Å². The van der Waals surface area contributed by atoms with E-state index >= 15 is 0 Å². The van der Waals surface area contributed by atoms with Crippen LogP contribution in [-0.2, 0) is 0 Å². The molecule has 0 aliphatic heterocycles. The molecular weight excluding hydrogens is 132 g/mol. The van der Waals surface area contributed by atoms with Crippen LogP contribution in [0.3, 0.4) is 0 Å². The standard InChI is InChI=1S/C11H17/c1-2-8-4-5-9-6-7-11(8)10(9)3-1/h8,10-11H,1-7H2. The van der Waals surface area contributed by atoms with Crippen LogP contribution in [0.2, 0.25) is 0 Å². The average molecular weight is 149 g/mol. The van der Waals surface area contributed by atoms with E-state index in [1.807, 2.05) is 5.92 Å². The number of hydrogen-bond donors (Lipinski definition) is 0. The van der Waals surface area contributed by atoms with Gasteiger partial charge in [0.2, 0.25) is 0 Å². The smallest absolute Gasteiger partial charge is 0.0207 e. The Morgan fingerprint density at radius 2 is 1.82 bits per heavy atom. The molecule has 3 fully saturated rings. The van der Waals surface area contributed by atoms with Gasteiger partial charge in [0.15, 0.2) is 0 Å². The lowest BCUT2D eigenvalue weighted by Gasteiger charge is -2.40. The minimum atomic E-state index is 1.11. The molecule has 0 heteroatoms. The Balaban J connectivity index is 1.91. The first-order chi connectivity index (χ1) is 5.45. The molecule has 0 amide bonds. The third kappa shape index (κ3) is 0.816. The molecule has 3 aliphatic carbocycles. The molecule has 4 bridgehead atoms. The highest BCUT2D eigenvalue weighted by molar-refractivity contribution is 5.11. The van der Waals surface area contributed by atoms with Gasteiger partial charge in [0.1, 0.15) is 0 Å². The van der Waals surface area contributed by atoms with Crippen LogP contribution in [0, 0.1) is 23.7 Å². The number of hydrogen-bond acceptors (Lipinski definition) is 0. The van der Waals surface area contributed by atoms with Gasteiger partial charge in [-0.3, -0.25) is 0 Å². The van der Waals surface area contributed by atoms with Crippen molar-refractivity contribution in [1.82, 2.24) is 0 Å². The zero-order valence-corrected chi connectivity index (χ0v) is 7.18. The predicted octanol–water partition coefficient (Wildman–Crippen LogP) is 3.18. The molecule has 3 rings (SSSR count). The van der Waals surface area contributed by atoms with E-state index in [1.54, 1.807) is 25.7 Å². The molecule has 0 nitrogen and oxygen atoms in total. The first-order valence-electron chi connectivity index (χ1n) is 5.30. The van der Waals surface area contributed by atoms with Crippen LogP contribution in [0.5, 0.6) is 0 Å². The van der Waals surface area contributed by atoms with Crippen LogP contribution in [0.4, 0.5) is 0 Å². The Kier molecular flexibility index (Phi) is 1.33. The maximum atomic E-state index is 1.96. The average Bonchev–Trinajstić information content (AvgIpc) is 2.28. The topological polar surface area (TPSA) is 0 Å². The summed E-state index contributed by atoms with van der Waals surface area (Å²) in [5.74, 6) is 5.39. The van der Waals surface area contributed by atoms with E-state index in [0.717, 1.165) is 17.8 Å². The van der Waals surface area contributed by atoms with Gasteiger partial charge in [0.05, 0.1) is 0 Å². The molecule has 1 radical (unpaired) electrons. The van der Waals surface area contributed by atoms with Gasteiger partial charge in [-0.15, -0.1) is 0 Å². The van der Waals surface area contributed by atoms with Crippen LogP contribution in [0.1, 0.15) is 44.9 Å². The highest BCUT2D eigenvalue weighted by Gasteiger charge is 2.45. The molecule has 3 aliphatic rings. The summed E-state index contributed by atoms with van der Waals surface area (Å²) < 4.78 is 0. The van der Waals surface area contributed by atoms with E-state index in [2.05, 4.69) is 0 Å². The van der Waals surface area contributed by atoms with Crippen molar-refractivity contribution in [3.63, 3.8) is 0 Å². The molecule has 0 heterocycles. The third-order valence-electron chi connectivity index (χ3n) is 4.37. The molecule has 0 spiro atoms. The predicted molar refractivity (Wildman–Crippen MR) is 46.0 cm³/mol. The molecule has 61 valence electrons. The number of rotatable bonds is 0. The van der Waals surface area contributed by atoms with Crippen molar-refractivity contribution in [3.8, 4) is 0 Å². The molecule has 11 heavy (non-hydrogen) atoms. The van der Waals surface area contributed by atoms with Gasteiger partial charge in [-0.25, -0.2) is 0 Å². The molecule has 0 aromatic rings. The molecule has 0 aromatic carbocycles. The van der Waals surface area contributed by atoms with Crippen molar-refractivity contribution >= 4 is 0 Å². The van der Waals surface area contributed by atoms with E-state index in [0.29, 0.717) is 0 Å². The fourth-order valence-electron chi connectivity index (χ4n) is 3.88. The van der Waals surface area contributed by atoms with Gasteiger partial charge < -0.3 is 0 Å². The first kappa shape index (κ1) is 6.51. The summed E-state index contributed by atoms with van der Waals surface area (Å²) in [4.78, 5) is 0. The van der Waals surface area contributed by atoms with Gasteiger partial charge in [-0.05, 0) is 55.8 Å². The molecule has 3 atom stereocenters. The van der Waals surface area contributed by atoms with E-state index in [-0.39, 0.29) is 0 Å². The second-order valence-electron chi connectivity index (χ2n) is 4.70. The van der Waals surface area contributed by atoms with Gasteiger partial charge in [-0.2, -0.15) is 0 Å². The van der Waals surface area contributed by atoms with Crippen molar-refractivity contribution in [2.45, 2.75) is 44.9 Å². The van der Waals surface area contributed by atoms with Crippen molar-refractivity contribution in [3.05, 3.63) is 5.92 Å². The van der Waals surface area contributed by atoms with Gasteiger partial charge in [0.25, 0.3) is 0 Å². The monoisotopic (exact) mass is 149 g/mol. The van der Waals surface area contributed by atoms with E-state index in [9.17, 15) is 0 Å².